The molecule has 0 fully saturated rings. The summed E-state index contributed by atoms with van der Waals surface area (Å²) in [4.78, 5) is 4.67. The monoisotopic (exact) mass is 397 g/mol. The molecule has 2 N–H and O–H groups in total. The topological polar surface area (TPSA) is 69.6 Å². The molecule has 0 spiro atoms. The lowest BCUT2D eigenvalue weighted by molar-refractivity contribution is 0.629. The Morgan fingerprint density at radius 3 is 2.67 bits per heavy atom. The van der Waals surface area contributed by atoms with Crippen LogP contribution in [0.2, 0.25) is 0 Å². The molecular formula is C19H16FN5S2. The van der Waals surface area contributed by atoms with Crippen molar-refractivity contribution < 1.29 is 4.39 Å². The smallest absolute Gasteiger partial charge is 0.210 e. The van der Waals surface area contributed by atoms with Crippen LogP contribution in [-0.4, -0.2) is 19.9 Å². The van der Waals surface area contributed by atoms with Crippen LogP contribution >= 0.6 is 23.1 Å². The average molecular weight is 398 g/mol. The van der Waals surface area contributed by atoms with Gasteiger partial charge in [-0.15, -0.1) is 21.5 Å². The summed E-state index contributed by atoms with van der Waals surface area (Å²) in [6, 6.07) is 14.7. The Morgan fingerprint density at radius 2 is 1.89 bits per heavy atom. The van der Waals surface area contributed by atoms with Crippen LogP contribution in [0.1, 0.15) is 11.3 Å². The minimum absolute atomic E-state index is 0.300. The van der Waals surface area contributed by atoms with Gasteiger partial charge in [-0.25, -0.2) is 14.1 Å². The molecule has 0 saturated carbocycles. The van der Waals surface area contributed by atoms with E-state index >= 15 is 0 Å². The molecule has 4 aromatic rings. The Kier molecular flexibility index (Phi) is 4.91. The Morgan fingerprint density at radius 1 is 1.11 bits per heavy atom. The normalized spacial score (nSPS) is 11.0. The van der Waals surface area contributed by atoms with Gasteiger partial charge in [-0.05, 0) is 19.1 Å². The van der Waals surface area contributed by atoms with Crippen LogP contribution in [0.5, 0.6) is 0 Å². The molecule has 0 radical (unpaired) electrons. The highest BCUT2D eigenvalue weighted by atomic mass is 32.2. The van der Waals surface area contributed by atoms with Crippen LogP contribution in [0, 0.1) is 12.7 Å². The molecule has 2 aromatic heterocycles. The van der Waals surface area contributed by atoms with E-state index in [1.807, 2.05) is 5.38 Å². The van der Waals surface area contributed by atoms with Crippen LogP contribution in [-0.2, 0) is 5.75 Å². The van der Waals surface area contributed by atoms with Crippen molar-refractivity contribution in [3.63, 3.8) is 0 Å². The fourth-order valence-corrected chi connectivity index (χ4v) is 4.22. The van der Waals surface area contributed by atoms with Gasteiger partial charge in [-0.3, -0.25) is 0 Å². The van der Waals surface area contributed by atoms with Crippen LogP contribution in [0.4, 0.5) is 4.39 Å². The van der Waals surface area contributed by atoms with E-state index in [1.165, 1.54) is 28.1 Å². The average Bonchev–Trinajstić information content (AvgIpc) is 3.28. The quantitative estimate of drug-likeness (QED) is 0.396. The molecular weight excluding hydrogens is 381 g/mol. The standard InChI is InChI=1S/C19H16FN5S2/c1-12-6-8-13(9-7-12)18-22-14(10-26-18)11-27-19-24-23-17(25(19)21)15-4-2-3-5-16(15)20/h2-10H,11,21H2,1H3. The lowest BCUT2D eigenvalue weighted by Crippen LogP contribution is -2.12. The number of thioether (sulfide) groups is 1. The number of aryl methyl sites for hydroxylation is 1. The zero-order valence-corrected chi connectivity index (χ0v) is 16.1. The van der Waals surface area contributed by atoms with Gasteiger partial charge in [0.1, 0.15) is 10.8 Å². The van der Waals surface area contributed by atoms with E-state index in [2.05, 4.69) is 46.4 Å². The molecule has 0 aliphatic rings. The lowest BCUT2D eigenvalue weighted by Gasteiger charge is -2.04. The molecule has 0 aliphatic carbocycles. The van der Waals surface area contributed by atoms with E-state index in [0.717, 1.165) is 16.3 Å². The molecule has 0 unspecified atom stereocenters. The second kappa shape index (κ2) is 7.50. The maximum Gasteiger partial charge on any atom is 0.210 e. The first-order chi connectivity index (χ1) is 13.1. The number of nitrogens with two attached hydrogens (primary N) is 1. The lowest BCUT2D eigenvalue weighted by atomic mass is 10.2. The first-order valence-electron chi connectivity index (χ1n) is 8.21. The van der Waals surface area contributed by atoms with Gasteiger partial charge in [0.25, 0.3) is 0 Å². The Labute approximate surface area is 164 Å². The first kappa shape index (κ1) is 17.7. The van der Waals surface area contributed by atoms with Gasteiger partial charge in [0.05, 0.1) is 11.3 Å². The van der Waals surface area contributed by atoms with Gasteiger partial charge < -0.3 is 5.84 Å². The number of nitrogen functional groups attached to an aromatic ring is 1. The summed E-state index contributed by atoms with van der Waals surface area (Å²) in [6.07, 6.45) is 0. The van der Waals surface area contributed by atoms with Gasteiger partial charge in [0.2, 0.25) is 5.16 Å². The number of rotatable bonds is 5. The van der Waals surface area contributed by atoms with Crippen LogP contribution in [0.3, 0.4) is 0 Å². The Balaban J connectivity index is 1.49. The molecule has 4 rings (SSSR count). The predicted octanol–water partition coefficient (Wildman–Crippen LogP) is 4.52. The maximum atomic E-state index is 14.0. The summed E-state index contributed by atoms with van der Waals surface area (Å²) in [5.41, 5.74) is 3.59. The van der Waals surface area contributed by atoms with Crippen LogP contribution in [0.15, 0.2) is 59.1 Å². The van der Waals surface area contributed by atoms with E-state index < -0.39 is 0 Å². The van der Waals surface area contributed by atoms with Gasteiger partial charge in [-0.1, -0.05) is 53.7 Å². The number of hydrogen-bond donors (Lipinski definition) is 1. The molecule has 136 valence electrons. The third-order valence-corrected chi connectivity index (χ3v) is 5.90. The maximum absolute atomic E-state index is 14.0. The molecule has 27 heavy (non-hydrogen) atoms. The number of thiazole rings is 1. The van der Waals surface area contributed by atoms with Gasteiger partial charge in [-0.2, -0.15) is 0 Å². The first-order valence-corrected chi connectivity index (χ1v) is 10.1. The number of aromatic nitrogens is 4. The van der Waals surface area contributed by atoms with Crippen molar-refractivity contribution in [2.75, 3.05) is 5.84 Å². The summed E-state index contributed by atoms with van der Waals surface area (Å²) in [5, 5.41) is 11.6. The second-order valence-corrected chi connectivity index (χ2v) is 7.76. The fourth-order valence-electron chi connectivity index (χ4n) is 2.54. The molecule has 0 saturated heterocycles. The molecule has 5 nitrogen and oxygen atoms in total. The molecule has 0 bridgehead atoms. The third kappa shape index (κ3) is 3.72. The minimum atomic E-state index is -0.379. The van der Waals surface area contributed by atoms with E-state index in [1.54, 1.807) is 29.5 Å². The molecule has 0 atom stereocenters. The summed E-state index contributed by atoms with van der Waals surface area (Å²) >= 11 is 3.02. The number of hydrogen-bond acceptors (Lipinski definition) is 6. The van der Waals surface area contributed by atoms with Gasteiger partial charge in [0.15, 0.2) is 5.82 Å². The van der Waals surface area contributed by atoms with Crippen molar-refractivity contribution in [3.05, 3.63) is 71.0 Å². The molecule has 2 aromatic carbocycles. The van der Waals surface area contributed by atoms with Crippen molar-refractivity contribution in [2.24, 2.45) is 0 Å². The molecule has 0 aliphatic heterocycles. The van der Waals surface area contributed by atoms with Crippen molar-refractivity contribution in [3.8, 4) is 22.0 Å². The van der Waals surface area contributed by atoms with Crippen molar-refractivity contribution in [1.29, 1.82) is 0 Å². The summed E-state index contributed by atoms with van der Waals surface area (Å²) < 4.78 is 15.3. The molecule has 8 heteroatoms. The van der Waals surface area contributed by atoms with E-state index in [4.69, 9.17) is 5.84 Å². The SMILES string of the molecule is Cc1ccc(-c2nc(CSc3nnc(-c4ccccc4F)n3N)cs2)cc1. The summed E-state index contributed by atoms with van der Waals surface area (Å²) in [6.45, 7) is 2.06. The van der Waals surface area contributed by atoms with Crippen LogP contribution in [0.25, 0.3) is 22.0 Å². The minimum Gasteiger partial charge on any atom is -0.335 e. The van der Waals surface area contributed by atoms with Crippen LogP contribution < -0.4 is 5.84 Å². The molecule has 2 heterocycles. The number of nitrogens with zero attached hydrogens (tertiary/aromatic N) is 4. The Bertz CT molecular complexity index is 1070. The fraction of sp³-hybridized carbons (Fsp3) is 0.105. The third-order valence-electron chi connectivity index (χ3n) is 3.98. The number of halogens is 1. The van der Waals surface area contributed by atoms with Crippen molar-refractivity contribution in [1.82, 2.24) is 19.9 Å². The largest absolute Gasteiger partial charge is 0.335 e. The highest BCUT2D eigenvalue weighted by Gasteiger charge is 2.16. The number of benzene rings is 2. The highest BCUT2D eigenvalue weighted by molar-refractivity contribution is 7.98. The summed E-state index contributed by atoms with van der Waals surface area (Å²) in [7, 11) is 0. The Hall–Kier alpha value is -2.71. The van der Waals surface area contributed by atoms with E-state index in [-0.39, 0.29) is 5.82 Å². The second-order valence-electron chi connectivity index (χ2n) is 5.95. The van der Waals surface area contributed by atoms with E-state index in [0.29, 0.717) is 22.3 Å². The molecule has 0 amide bonds. The summed E-state index contributed by atoms with van der Waals surface area (Å²) in [5.74, 6) is 6.59. The predicted molar refractivity (Wildman–Crippen MR) is 107 cm³/mol. The van der Waals surface area contributed by atoms with Crippen molar-refractivity contribution in [2.45, 2.75) is 17.8 Å². The van der Waals surface area contributed by atoms with Gasteiger partial charge >= 0.3 is 0 Å². The zero-order chi connectivity index (χ0) is 18.8. The highest BCUT2D eigenvalue weighted by Crippen LogP contribution is 2.29. The van der Waals surface area contributed by atoms with E-state index in [9.17, 15) is 4.39 Å². The zero-order valence-electron chi connectivity index (χ0n) is 14.5. The van der Waals surface area contributed by atoms with Crippen molar-refractivity contribution >= 4 is 23.1 Å². The van der Waals surface area contributed by atoms with Gasteiger partial charge in [0, 0.05) is 16.7 Å².